The molecule has 0 aliphatic carbocycles. The molecule has 1 aliphatic rings. The van der Waals surface area contributed by atoms with E-state index in [0.29, 0.717) is 0 Å². The van der Waals surface area contributed by atoms with Gasteiger partial charge in [-0.05, 0) is 26.0 Å². The molecule has 0 radical (unpaired) electrons. The number of hydrogen-bond acceptors (Lipinski definition) is 5. The second-order valence-corrected chi connectivity index (χ2v) is 5.45. The second-order valence-electron chi connectivity index (χ2n) is 5.45. The summed E-state index contributed by atoms with van der Waals surface area (Å²) in [5.74, 6) is -4.44. The van der Waals surface area contributed by atoms with E-state index in [-0.39, 0.29) is 18.6 Å². The molecular formula is C14H18F2O5. The molecule has 3 atom stereocenters. The lowest BCUT2D eigenvalue weighted by Gasteiger charge is -2.20. The summed E-state index contributed by atoms with van der Waals surface area (Å²) in [4.78, 5) is 0. The van der Waals surface area contributed by atoms with E-state index in [1.54, 1.807) is 13.8 Å². The van der Waals surface area contributed by atoms with E-state index >= 15 is 0 Å². The maximum absolute atomic E-state index is 13.3. The van der Waals surface area contributed by atoms with E-state index in [4.69, 9.17) is 9.47 Å². The van der Waals surface area contributed by atoms with E-state index in [1.807, 2.05) is 0 Å². The summed E-state index contributed by atoms with van der Waals surface area (Å²) in [5.41, 5.74) is -0.140. The second kappa shape index (κ2) is 5.84. The number of aliphatic hydroxyl groups excluding tert-OH is 2. The largest absolute Gasteiger partial charge is 0.504 e. The molecule has 0 aromatic heterocycles. The van der Waals surface area contributed by atoms with Crippen LogP contribution in [0.3, 0.4) is 0 Å². The van der Waals surface area contributed by atoms with Crippen LogP contribution in [0.5, 0.6) is 5.75 Å². The normalized spacial score (nSPS) is 26.0. The first-order valence-electron chi connectivity index (χ1n) is 6.56. The molecule has 1 heterocycles. The molecule has 0 saturated carbocycles. The van der Waals surface area contributed by atoms with Crippen LogP contribution in [0, 0.1) is 11.6 Å². The van der Waals surface area contributed by atoms with Gasteiger partial charge in [-0.2, -0.15) is 4.39 Å². The molecule has 1 saturated heterocycles. The molecule has 0 spiro atoms. The Morgan fingerprint density at radius 1 is 1.24 bits per heavy atom. The number of phenolic OH excluding ortho intramolecular Hbond substituents is 1. The lowest BCUT2D eigenvalue weighted by molar-refractivity contribution is -0.150. The molecule has 7 heteroatoms. The number of aliphatic hydroxyl groups is 2. The SMILES string of the molecule is CC1(C)OC(CO)C(CC(O)c2ccc(F)c(F)c2O)O1. The highest BCUT2D eigenvalue weighted by molar-refractivity contribution is 5.36. The van der Waals surface area contributed by atoms with Crippen molar-refractivity contribution in [3.05, 3.63) is 29.3 Å². The standard InChI is InChI=1S/C14H18F2O5/c1-14(2)20-10(11(6-17)21-14)5-9(18)7-3-4-8(15)12(16)13(7)19/h3-4,9-11,17-19H,5-6H2,1-2H3. The number of halogens is 2. The Morgan fingerprint density at radius 2 is 1.86 bits per heavy atom. The zero-order chi connectivity index (χ0) is 15.8. The molecule has 3 N–H and O–H groups in total. The number of phenols is 1. The van der Waals surface area contributed by atoms with Crippen molar-refractivity contribution in [1.29, 1.82) is 0 Å². The first kappa shape index (κ1) is 16.1. The van der Waals surface area contributed by atoms with Crippen LogP contribution in [0.25, 0.3) is 0 Å². The molecule has 1 aromatic carbocycles. The molecule has 2 rings (SSSR count). The van der Waals surface area contributed by atoms with E-state index < -0.39 is 41.5 Å². The monoisotopic (exact) mass is 304 g/mol. The van der Waals surface area contributed by atoms with E-state index in [1.165, 1.54) is 0 Å². The lowest BCUT2D eigenvalue weighted by atomic mass is 9.99. The van der Waals surface area contributed by atoms with Gasteiger partial charge < -0.3 is 24.8 Å². The molecule has 21 heavy (non-hydrogen) atoms. The highest BCUT2D eigenvalue weighted by Crippen LogP contribution is 2.36. The summed E-state index contributed by atoms with van der Waals surface area (Å²) in [6.45, 7) is 3.03. The topological polar surface area (TPSA) is 79.2 Å². The van der Waals surface area contributed by atoms with Crippen molar-refractivity contribution in [3.63, 3.8) is 0 Å². The van der Waals surface area contributed by atoms with Gasteiger partial charge in [-0.15, -0.1) is 0 Å². The van der Waals surface area contributed by atoms with Crippen molar-refractivity contribution in [3.8, 4) is 5.75 Å². The molecule has 118 valence electrons. The third kappa shape index (κ3) is 3.32. The van der Waals surface area contributed by atoms with Crippen molar-refractivity contribution in [2.75, 3.05) is 6.61 Å². The predicted molar refractivity (Wildman–Crippen MR) is 68.5 cm³/mol. The molecule has 1 aliphatic heterocycles. The maximum Gasteiger partial charge on any atom is 0.200 e. The number of hydrogen-bond donors (Lipinski definition) is 3. The van der Waals surface area contributed by atoms with Gasteiger partial charge in [0, 0.05) is 12.0 Å². The summed E-state index contributed by atoms with van der Waals surface area (Å²) in [5, 5.41) is 28.9. The van der Waals surface area contributed by atoms with Gasteiger partial charge in [-0.1, -0.05) is 0 Å². The van der Waals surface area contributed by atoms with Crippen molar-refractivity contribution in [2.24, 2.45) is 0 Å². The summed E-state index contributed by atoms with van der Waals surface area (Å²) >= 11 is 0. The molecule has 1 fully saturated rings. The summed E-state index contributed by atoms with van der Waals surface area (Å²) < 4.78 is 37.2. The highest BCUT2D eigenvalue weighted by Gasteiger charge is 2.42. The minimum absolute atomic E-state index is 0.0344. The van der Waals surface area contributed by atoms with Gasteiger partial charge in [0.1, 0.15) is 6.10 Å². The Hall–Kier alpha value is -1.28. The fraction of sp³-hybridized carbons (Fsp3) is 0.571. The zero-order valence-electron chi connectivity index (χ0n) is 11.7. The van der Waals surface area contributed by atoms with Crippen molar-refractivity contribution in [1.82, 2.24) is 0 Å². The number of benzene rings is 1. The van der Waals surface area contributed by atoms with Gasteiger partial charge in [0.15, 0.2) is 17.4 Å². The molecule has 3 unspecified atom stereocenters. The van der Waals surface area contributed by atoms with E-state index in [0.717, 1.165) is 12.1 Å². The molecular weight excluding hydrogens is 286 g/mol. The van der Waals surface area contributed by atoms with Gasteiger partial charge >= 0.3 is 0 Å². The summed E-state index contributed by atoms with van der Waals surface area (Å²) in [6.07, 6.45) is -2.58. The van der Waals surface area contributed by atoms with Crippen molar-refractivity contribution >= 4 is 0 Å². The highest BCUT2D eigenvalue weighted by atomic mass is 19.2. The van der Waals surface area contributed by atoms with Gasteiger partial charge in [-0.25, -0.2) is 4.39 Å². The van der Waals surface area contributed by atoms with Gasteiger partial charge in [0.05, 0.1) is 18.8 Å². The molecule has 1 aromatic rings. The van der Waals surface area contributed by atoms with Gasteiger partial charge in [0.2, 0.25) is 5.82 Å². The maximum atomic E-state index is 13.3. The van der Waals surface area contributed by atoms with E-state index in [2.05, 4.69) is 0 Å². The Balaban J connectivity index is 2.15. The predicted octanol–water partition coefficient (Wildman–Crippen LogP) is 1.61. The Labute approximate surface area is 120 Å². The Kier molecular flexibility index (Phi) is 4.48. The van der Waals surface area contributed by atoms with Gasteiger partial charge in [0.25, 0.3) is 0 Å². The number of aromatic hydroxyl groups is 1. The van der Waals surface area contributed by atoms with E-state index in [9.17, 15) is 24.1 Å². The van der Waals surface area contributed by atoms with Gasteiger partial charge in [-0.3, -0.25) is 0 Å². The van der Waals surface area contributed by atoms with Crippen molar-refractivity contribution in [2.45, 2.75) is 44.4 Å². The van der Waals surface area contributed by atoms with Crippen LogP contribution < -0.4 is 0 Å². The summed E-state index contributed by atoms with van der Waals surface area (Å²) in [6, 6.07) is 1.93. The third-order valence-electron chi connectivity index (χ3n) is 3.38. The number of rotatable bonds is 4. The van der Waals surface area contributed by atoms with Crippen LogP contribution in [0.15, 0.2) is 12.1 Å². The first-order valence-corrected chi connectivity index (χ1v) is 6.56. The average molecular weight is 304 g/mol. The van der Waals surface area contributed by atoms with Crippen LogP contribution in [0.1, 0.15) is 31.9 Å². The fourth-order valence-corrected chi connectivity index (χ4v) is 2.43. The fourth-order valence-electron chi connectivity index (χ4n) is 2.43. The van der Waals surface area contributed by atoms with Crippen LogP contribution >= 0.6 is 0 Å². The minimum Gasteiger partial charge on any atom is -0.504 e. The van der Waals surface area contributed by atoms with Crippen LogP contribution in [-0.2, 0) is 9.47 Å². The molecule has 0 bridgehead atoms. The van der Waals surface area contributed by atoms with Crippen LogP contribution in [-0.4, -0.2) is 39.9 Å². The van der Waals surface area contributed by atoms with Crippen molar-refractivity contribution < 1.29 is 33.6 Å². The molecule has 5 nitrogen and oxygen atoms in total. The first-order chi connectivity index (χ1) is 9.75. The van der Waals surface area contributed by atoms with Crippen LogP contribution in [0.2, 0.25) is 0 Å². The quantitative estimate of drug-likeness (QED) is 0.787. The minimum atomic E-state index is -1.41. The number of ether oxygens (including phenoxy) is 2. The average Bonchev–Trinajstić information content (AvgIpc) is 2.70. The third-order valence-corrected chi connectivity index (χ3v) is 3.38. The smallest absolute Gasteiger partial charge is 0.200 e. The molecule has 0 amide bonds. The summed E-state index contributed by atoms with van der Waals surface area (Å²) in [7, 11) is 0. The van der Waals surface area contributed by atoms with Crippen LogP contribution in [0.4, 0.5) is 8.78 Å². The Bertz CT molecular complexity index is 520. The lowest BCUT2D eigenvalue weighted by Crippen LogP contribution is -2.28. The Morgan fingerprint density at radius 3 is 2.48 bits per heavy atom. The zero-order valence-corrected chi connectivity index (χ0v) is 11.7.